The van der Waals surface area contributed by atoms with Crippen LogP contribution in [0.2, 0.25) is 0 Å². The molecule has 0 spiro atoms. The van der Waals surface area contributed by atoms with Gasteiger partial charge in [-0.2, -0.15) is 0 Å². The second kappa shape index (κ2) is 5.33. The lowest BCUT2D eigenvalue weighted by Crippen LogP contribution is -2.47. The van der Waals surface area contributed by atoms with Crippen molar-refractivity contribution in [1.29, 1.82) is 0 Å². The first-order valence-corrected chi connectivity index (χ1v) is 6.02. The number of hydrogen-bond donors (Lipinski definition) is 2. The fourth-order valence-corrected chi connectivity index (χ4v) is 2.08. The number of aliphatic hydroxyl groups excluding tert-OH is 1. The lowest BCUT2D eigenvalue weighted by Gasteiger charge is -2.35. The Kier molecular flexibility index (Phi) is 3.81. The standard InChI is InChI=1S/C12H20N4O/c1-10-11(13)2-3-12(14-10)16-6-4-15(5-7-16)8-9-17/h2-3,17H,4-9,13H2,1H3. The maximum Gasteiger partial charge on any atom is 0.129 e. The quantitative estimate of drug-likeness (QED) is 0.778. The van der Waals surface area contributed by atoms with E-state index in [-0.39, 0.29) is 6.61 Å². The highest BCUT2D eigenvalue weighted by atomic mass is 16.3. The van der Waals surface area contributed by atoms with Crippen molar-refractivity contribution in [1.82, 2.24) is 9.88 Å². The van der Waals surface area contributed by atoms with Crippen molar-refractivity contribution in [3.8, 4) is 0 Å². The molecule has 0 bridgehead atoms. The molecule has 0 aliphatic carbocycles. The Labute approximate surface area is 102 Å². The van der Waals surface area contributed by atoms with Gasteiger partial charge in [0, 0.05) is 32.7 Å². The molecule has 0 unspecified atom stereocenters. The molecular formula is C12H20N4O. The molecule has 1 aromatic rings. The molecular weight excluding hydrogens is 216 g/mol. The van der Waals surface area contributed by atoms with Gasteiger partial charge in [-0.1, -0.05) is 0 Å². The summed E-state index contributed by atoms with van der Waals surface area (Å²) in [6.45, 7) is 6.80. The number of pyridine rings is 1. The summed E-state index contributed by atoms with van der Waals surface area (Å²) < 4.78 is 0. The Morgan fingerprint density at radius 3 is 2.59 bits per heavy atom. The molecule has 5 nitrogen and oxygen atoms in total. The van der Waals surface area contributed by atoms with E-state index >= 15 is 0 Å². The average Bonchev–Trinajstić information content (AvgIpc) is 2.34. The van der Waals surface area contributed by atoms with Gasteiger partial charge in [0.2, 0.25) is 0 Å². The van der Waals surface area contributed by atoms with Crippen LogP contribution in [0.5, 0.6) is 0 Å². The third-order valence-electron chi connectivity index (χ3n) is 3.22. The second-order valence-electron chi connectivity index (χ2n) is 4.40. The number of nitrogen functional groups attached to an aromatic ring is 1. The Hall–Kier alpha value is -1.33. The Morgan fingerprint density at radius 1 is 1.29 bits per heavy atom. The zero-order chi connectivity index (χ0) is 12.3. The van der Waals surface area contributed by atoms with E-state index in [4.69, 9.17) is 10.8 Å². The number of hydrogen-bond acceptors (Lipinski definition) is 5. The van der Waals surface area contributed by atoms with Crippen LogP contribution in [0.3, 0.4) is 0 Å². The molecule has 1 saturated heterocycles. The van der Waals surface area contributed by atoms with E-state index in [1.54, 1.807) is 0 Å². The summed E-state index contributed by atoms with van der Waals surface area (Å²) in [7, 11) is 0. The average molecular weight is 236 g/mol. The largest absolute Gasteiger partial charge is 0.397 e. The zero-order valence-electron chi connectivity index (χ0n) is 10.3. The first-order valence-electron chi connectivity index (χ1n) is 6.02. The molecule has 0 aromatic carbocycles. The Bertz CT molecular complexity index is 375. The van der Waals surface area contributed by atoms with Crippen molar-refractivity contribution in [2.24, 2.45) is 0 Å². The van der Waals surface area contributed by atoms with Crippen LogP contribution in [-0.4, -0.2) is 54.3 Å². The predicted octanol–water partition coefficient (Wildman–Crippen LogP) is 0.0865. The maximum atomic E-state index is 8.89. The molecule has 0 radical (unpaired) electrons. The Morgan fingerprint density at radius 2 is 2.00 bits per heavy atom. The van der Waals surface area contributed by atoms with Gasteiger partial charge in [-0.25, -0.2) is 4.98 Å². The van der Waals surface area contributed by atoms with Crippen LogP contribution >= 0.6 is 0 Å². The van der Waals surface area contributed by atoms with E-state index in [0.717, 1.165) is 49.9 Å². The number of rotatable bonds is 3. The van der Waals surface area contributed by atoms with Crippen molar-refractivity contribution in [2.45, 2.75) is 6.92 Å². The van der Waals surface area contributed by atoms with Crippen LogP contribution in [-0.2, 0) is 0 Å². The molecule has 0 saturated carbocycles. The van der Waals surface area contributed by atoms with Gasteiger partial charge in [0.15, 0.2) is 0 Å². The molecule has 1 aliphatic heterocycles. The summed E-state index contributed by atoms with van der Waals surface area (Å²) in [6, 6.07) is 3.89. The van der Waals surface area contributed by atoms with Gasteiger partial charge in [0.1, 0.15) is 5.82 Å². The molecule has 0 amide bonds. The molecule has 2 rings (SSSR count). The molecule has 17 heavy (non-hydrogen) atoms. The number of anilines is 2. The van der Waals surface area contributed by atoms with Crippen LogP contribution in [0.25, 0.3) is 0 Å². The topological polar surface area (TPSA) is 65.6 Å². The van der Waals surface area contributed by atoms with Gasteiger partial charge in [-0.3, -0.25) is 4.90 Å². The van der Waals surface area contributed by atoms with Crippen molar-refractivity contribution >= 4 is 11.5 Å². The van der Waals surface area contributed by atoms with Crippen molar-refractivity contribution in [3.05, 3.63) is 17.8 Å². The van der Waals surface area contributed by atoms with Gasteiger partial charge in [0.05, 0.1) is 18.0 Å². The maximum absolute atomic E-state index is 8.89. The molecule has 3 N–H and O–H groups in total. The molecule has 1 aliphatic rings. The van der Waals surface area contributed by atoms with E-state index in [1.165, 1.54) is 0 Å². The minimum absolute atomic E-state index is 0.235. The minimum atomic E-state index is 0.235. The summed E-state index contributed by atoms with van der Waals surface area (Å²) in [6.07, 6.45) is 0. The first kappa shape index (κ1) is 12.1. The Balaban J connectivity index is 1.98. The lowest BCUT2D eigenvalue weighted by atomic mass is 10.2. The van der Waals surface area contributed by atoms with E-state index in [1.807, 2.05) is 19.1 Å². The summed E-state index contributed by atoms with van der Waals surface area (Å²) >= 11 is 0. The van der Waals surface area contributed by atoms with Gasteiger partial charge in [-0.05, 0) is 19.1 Å². The van der Waals surface area contributed by atoms with E-state index in [2.05, 4.69) is 14.8 Å². The number of β-amino-alcohol motifs (C(OH)–C–C–N with tert-alkyl or cyclic N) is 1. The van der Waals surface area contributed by atoms with Gasteiger partial charge < -0.3 is 15.7 Å². The summed E-state index contributed by atoms with van der Waals surface area (Å²) in [4.78, 5) is 9.03. The number of nitrogens with two attached hydrogens (primary N) is 1. The van der Waals surface area contributed by atoms with Gasteiger partial charge >= 0.3 is 0 Å². The number of aromatic nitrogens is 1. The summed E-state index contributed by atoms with van der Waals surface area (Å²) in [5.41, 5.74) is 7.40. The van der Waals surface area contributed by atoms with Crippen LogP contribution in [0.1, 0.15) is 5.69 Å². The normalized spacial score (nSPS) is 17.4. The SMILES string of the molecule is Cc1nc(N2CCN(CCO)CC2)ccc1N. The summed E-state index contributed by atoms with van der Waals surface area (Å²) in [5, 5.41) is 8.89. The molecule has 1 fully saturated rings. The fourth-order valence-electron chi connectivity index (χ4n) is 2.08. The van der Waals surface area contributed by atoms with Gasteiger partial charge in [0.25, 0.3) is 0 Å². The third kappa shape index (κ3) is 2.87. The molecule has 5 heteroatoms. The van der Waals surface area contributed by atoms with Crippen molar-refractivity contribution in [2.75, 3.05) is 50.0 Å². The number of piperazine rings is 1. The van der Waals surface area contributed by atoms with Crippen LogP contribution < -0.4 is 10.6 Å². The van der Waals surface area contributed by atoms with E-state index < -0.39 is 0 Å². The third-order valence-corrected chi connectivity index (χ3v) is 3.22. The van der Waals surface area contributed by atoms with Crippen LogP contribution in [0.15, 0.2) is 12.1 Å². The molecule has 0 atom stereocenters. The van der Waals surface area contributed by atoms with Crippen molar-refractivity contribution in [3.63, 3.8) is 0 Å². The fraction of sp³-hybridized carbons (Fsp3) is 0.583. The zero-order valence-corrected chi connectivity index (χ0v) is 10.3. The van der Waals surface area contributed by atoms with Crippen LogP contribution in [0.4, 0.5) is 11.5 Å². The molecule has 2 heterocycles. The monoisotopic (exact) mass is 236 g/mol. The van der Waals surface area contributed by atoms with Crippen LogP contribution in [0, 0.1) is 6.92 Å². The van der Waals surface area contributed by atoms with E-state index in [0.29, 0.717) is 0 Å². The number of nitrogens with zero attached hydrogens (tertiary/aromatic N) is 3. The van der Waals surface area contributed by atoms with Gasteiger partial charge in [-0.15, -0.1) is 0 Å². The smallest absolute Gasteiger partial charge is 0.129 e. The lowest BCUT2D eigenvalue weighted by molar-refractivity contribution is 0.188. The number of aryl methyl sites for hydroxylation is 1. The first-order chi connectivity index (χ1) is 8.20. The highest BCUT2D eigenvalue weighted by Crippen LogP contribution is 2.17. The highest BCUT2D eigenvalue weighted by molar-refractivity contribution is 5.50. The van der Waals surface area contributed by atoms with Crippen molar-refractivity contribution < 1.29 is 5.11 Å². The summed E-state index contributed by atoms with van der Waals surface area (Å²) in [5.74, 6) is 1.00. The minimum Gasteiger partial charge on any atom is -0.397 e. The number of aliphatic hydroxyl groups is 1. The molecule has 94 valence electrons. The predicted molar refractivity (Wildman–Crippen MR) is 69.1 cm³/mol. The molecule has 1 aromatic heterocycles. The van der Waals surface area contributed by atoms with E-state index in [9.17, 15) is 0 Å². The second-order valence-corrected chi connectivity index (χ2v) is 4.40. The highest BCUT2D eigenvalue weighted by Gasteiger charge is 2.17.